The summed E-state index contributed by atoms with van der Waals surface area (Å²) in [7, 11) is -4.37. The number of nitrogens with zero attached hydrogens (tertiary/aromatic N) is 3. The van der Waals surface area contributed by atoms with Crippen molar-refractivity contribution >= 4 is 21.8 Å². The Kier molecular flexibility index (Phi) is 9.13. The lowest BCUT2D eigenvalue weighted by Crippen LogP contribution is -2.61. The lowest BCUT2D eigenvalue weighted by Gasteiger charge is -2.39. The number of benzene rings is 2. The zero-order chi connectivity index (χ0) is 29.8. The van der Waals surface area contributed by atoms with Gasteiger partial charge in [0, 0.05) is 38.6 Å². The SMILES string of the molecule is CC(C)c1ccc(CNC(=O)[C@H]2CN(C(=O)Cc3ccncc3)CCN2S(=O)(=O)c2ccc(C(F)(F)F)cc2)cc1. The van der Waals surface area contributed by atoms with Crippen molar-refractivity contribution in [2.24, 2.45) is 0 Å². The van der Waals surface area contributed by atoms with Crippen molar-refractivity contribution in [3.8, 4) is 0 Å². The number of hydrogen-bond acceptors (Lipinski definition) is 5. The summed E-state index contributed by atoms with van der Waals surface area (Å²) in [5, 5.41) is 2.77. The normalized spacial score (nSPS) is 16.5. The fraction of sp³-hybridized carbons (Fsp3) is 0.345. The van der Waals surface area contributed by atoms with Crippen LogP contribution in [0.1, 0.15) is 42.0 Å². The summed E-state index contributed by atoms with van der Waals surface area (Å²) < 4.78 is 67.2. The Balaban J connectivity index is 1.56. The van der Waals surface area contributed by atoms with Gasteiger partial charge in [-0.3, -0.25) is 14.6 Å². The summed E-state index contributed by atoms with van der Waals surface area (Å²) in [6, 6.07) is 12.9. The molecule has 41 heavy (non-hydrogen) atoms. The highest BCUT2D eigenvalue weighted by molar-refractivity contribution is 7.89. The molecule has 3 aromatic rings. The highest BCUT2D eigenvalue weighted by atomic mass is 32.2. The molecule has 1 aliphatic rings. The fourth-order valence-corrected chi connectivity index (χ4v) is 6.13. The maximum absolute atomic E-state index is 13.6. The van der Waals surface area contributed by atoms with Gasteiger partial charge in [0.15, 0.2) is 0 Å². The fourth-order valence-electron chi connectivity index (χ4n) is 4.56. The van der Waals surface area contributed by atoms with E-state index in [1.807, 2.05) is 24.3 Å². The van der Waals surface area contributed by atoms with E-state index < -0.39 is 33.7 Å². The van der Waals surface area contributed by atoms with Crippen LogP contribution in [0.5, 0.6) is 0 Å². The highest BCUT2D eigenvalue weighted by Gasteiger charge is 2.41. The van der Waals surface area contributed by atoms with Crippen LogP contribution in [-0.4, -0.2) is 60.1 Å². The molecule has 2 amide bonds. The zero-order valence-corrected chi connectivity index (χ0v) is 23.5. The Morgan fingerprint density at radius 1 is 0.951 bits per heavy atom. The lowest BCUT2D eigenvalue weighted by atomic mass is 10.0. The summed E-state index contributed by atoms with van der Waals surface area (Å²) >= 11 is 0. The Bertz CT molecular complexity index is 1460. The first-order valence-corrected chi connectivity index (χ1v) is 14.5. The lowest BCUT2D eigenvalue weighted by molar-refractivity contribution is -0.138. The molecule has 12 heteroatoms. The third-order valence-corrected chi connectivity index (χ3v) is 8.92. The second-order valence-electron chi connectivity index (χ2n) is 10.1. The smallest absolute Gasteiger partial charge is 0.351 e. The molecule has 1 saturated heterocycles. The number of rotatable bonds is 8. The van der Waals surface area contributed by atoms with Crippen LogP contribution in [-0.2, 0) is 38.8 Å². The first-order chi connectivity index (χ1) is 19.4. The molecule has 0 radical (unpaired) electrons. The molecule has 1 aromatic heterocycles. The minimum absolute atomic E-state index is 0.0181. The van der Waals surface area contributed by atoms with E-state index in [-0.39, 0.29) is 43.4 Å². The van der Waals surface area contributed by atoms with E-state index in [4.69, 9.17) is 0 Å². The number of alkyl halides is 3. The van der Waals surface area contributed by atoms with E-state index in [0.29, 0.717) is 18.1 Å². The largest absolute Gasteiger partial charge is 0.416 e. The minimum atomic E-state index is -4.63. The van der Waals surface area contributed by atoms with E-state index in [2.05, 4.69) is 24.1 Å². The molecule has 0 aliphatic carbocycles. The third kappa shape index (κ3) is 7.31. The van der Waals surface area contributed by atoms with E-state index in [9.17, 15) is 31.2 Å². The number of carbonyl (C=O) groups is 2. The number of aromatic nitrogens is 1. The van der Waals surface area contributed by atoms with Gasteiger partial charge in [-0.2, -0.15) is 17.5 Å². The van der Waals surface area contributed by atoms with Crippen LogP contribution in [0.3, 0.4) is 0 Å². The van der Waals surface area contributed by atoms with Crippen molar-refractivity contribution < 1.29 is 31.2 Å². The number of piperazine rings is 1. The van der Waals surface area contributed by atoms with Crippen molar-refractivity contribution in [3.05, 3.63) is 95.3 Å². The average Bonchev–Trinajstić information content (AvgIpc) is 2.96. The Hall–Kier alpha value is -3.77. The molecule has 4 rings (SSSR count). The standard InChI is InChI=1S/C29H31F3N4O4S/c1-20(2)23-5-3-22(4-6-23)18-34-28(38)26-19-35(27(37)17-21-11-13-33-14-12-21)15-16-36(26)41(39,40)25-9-7-24(8-10-25)29(30,31)32/h3-14,20,26H,15-19H2,1-2H3,(H,34,38)/t26-/m1/s1. The molecule has 1 fully saturated rings. The van der Waals surface area contributed by atoms with Crippen LogP contribution in [0.4, 0.5) is 13.2 Å². The number of halogens is 3. The van der Waals surface area contributed by atoms with Gasteiger partial charge in [-0.25, -0.2) is 8.42 Å². The van der Waals surface area contributed by atoms with Crippen LogP contribution >= 0.6 is 0 Å². The molecule has 1 atom stereocenters. The quantitative estimate of drug-likeness (QED) is 0.429. The molecule has 1 aliphatic heterocycles. The van der Waals surface area contributed by atoms with Crippen LogP contribution in [0.15, 0.2) is 78.0 Å². The molecule has 2 heterocycles. The third-order valence-electron chi connectivity index (χ3n) is 6.99. The second-order valence-corrected chi connectivity index (χ2v) is 12.0. The van der Waals surface area contributed by atoms with Gasteiger partial charge in [0.25, 0.3) is 0 Å². The van der Waals surface area contributed by atoms with Crippen molar-refractivity contribution in [3.63, 3.8) is 0 Å². The first-order valence-electron chi connectivity index (χ1n) is 13.1. The number of sulfonamides is 1. The van der Waals surface area contributed by atoms with E-state index >= 15 is 0 Å². The van der Waals surface area contributed by atoms with E-state index in [0.717, 1.165) is 33.1 Å². The first kappa shape index (κ1) is 30.2. The summed E-state index contributed by atoms with van der Waals surface area (Å²) in [6.45, 7) is 3.87. The number of hydrogen-bond donors (Lipinski definition) is 1. The summed E-state index contributed by atoms with van der Waals surface area (Å²) in [5.41, 5.74) is 1.67. The maximum atomic E-state index is 13.6. The van der Waals surface area contributed by atoms with Crippen LogP contribution < -0.4 is 5.32 Å². The van der Waals surface area contributed by atoms with Crippen molar-refractivity contribution in [2.45, 2.75) is 49.8 Å². The van der Waals surface area contributed by atoms with Crippen LogP contribution in [0.2, 0.25) is 0 Å². The second kappa shape index (κ2) is 12.4. The number of amides is 2. The predicted octanol–water partition coefficient (Wildman–Crippen LogP) is 3.98. The van der Waals surface area contributed by atoms with Gasteiger partial charge in [0.05, 0.1) is 16.9 Å². The highest BCUT2D eigenvalue weighted by Crippen LogP contribution is 2.31. The van der Waals surface area contributed by atoms with Gasteiger partial charge in [-0.05, 0) is 59.0 Å². The number of nitrogens with one attached hydrogen (secondary N) is 1. The molecule has 0 saturated carbocycles. The van der Waals surface area contributed by atoms with Crippen molar-refractivity contribution in [2.75, 3.05) is 19.6 Å². The van der Waals surface area contributed by atoms with E-state index in [1.54, 1.807) is 24.5 Å². The van der Waals surface area contributed by atoms with Gasteiger partial charge in [0.1, 0.15) is 6.04 Å². The van der Waals surface area contributed by atoms with Crippen molar-refractivity contribution in [1.82, 2.24) is 19.5 Å². The Morgan fingerprint density at radius 3 is 2.17 bits per heavy atom. The number of pyridine rings is 1. The maximum Gasteiger partial charge on any atom is 0.416 e. The molecular formula is C29H31F3N4O4S. The molecule has 0 bridgehead atoms. The number of carbonyl (C=O) groups excluding carboxylic acids is 2. The van der Waals surface area contributed by atoms with Crippen molar-refractivity contribution in [1.29, 1.82) is 0 Å². The van der Waals surface area contributed by atoms with Crippen LogP contribution in [0.25, 0.3) is 0 Å². The summed E-state index contributed by atoms with van der Waals surface area (Å²) in [4.78, 5) is 31.5. The summed E-state index contributed by atoms with van der Waals surface area (Å²) in [5.74, 6) is -0.569. The monoisotopic (exact) mass is 588 g/mol. The molecule has 1 N–H and O–H groups in total. The molecule has 8 nitrogen and oxygen atoms in total. The van der Waals surface area contributed by atoms with Gasteiger partial charge in [-0.15, -0.1) is 0 Å². The van der Waals surface area contributed by atoms with Gasteiger partial charge < -0.3 is 10.2 Å². The average molecular weight is 589 g/mol. The Morgan fingerprint density at radius 2 is 1.59 bits per heavy atom. The van der Waals surface area contributed by atoms with Gasteiger partial charge in [-0.1, -0.05) is 38.1 Å². The minimum Gasteiger partial charge on any atom is -0.351 e. The molecule has 2 aromatic carbocycles. The molecule has 0 spiro atoms. The predicted molar refractivity (Wildman–Crippen MR) is 146 cm³/mol. The topological polar surface area (TPSA) is 99.7 Å². The molecule has 218 valence electrons. The summed E-state index contributed by atoms with van der Waals surface area (Å²) in [6.07, 6.45) is -1.47. The van der Waals surface area contributed by atoms with Gasteiger partial charge >= 0.3 is 6.18 Å². The van der Waals surface area contributed by atoms with Gasteiger partial charge in [0.2, 0.25) is 21.8 Å². The zero-order valence-electron chi connectivity index (χ0n) is 22.6. The van der Waals surface area contributed by atoms with Crippen LogP contribution in [0, 0.1) is 0 Å². The Labute approximate surface area is 237 Å². The van der Waals surface area contributed by atoms with E-state index in [1.165, 1.54) is 4.90 Å². The molecule has 0 unspecified atom stereocenters. The molecular weight excluding hydrogens is 557 g/mol.